The molecule has 1 saturated heterocycles. The normalized spacial score (nSPS) is 51.0. The predicted molar refractivity (Wildman–Crippen MR) is 168 cm³/mol. The van der Waals surface area contributed by atoms with E-state index in [1.807, 2.05) is 13.8 Å². The maximum Gasteiger partial charge on any atom is 0.186 e. The van der Waals surface area contributed by atoms with Gasteiger partial charge in [-0.15, -0.1) is 0 Å². The third-order valence-electron chi connectivity index (χ3n) is 14.3. The van der Waals surface area contributed by atoms with Crippen LogP contribution in [0.2, 0.25) is 0 Å². The maximum atomic E-state index is 12.0. The summed E-state index contributed by atoms with van der Waals surface area (Å²) < 4.78 is 12.2. The number of hydrogen-bond donors (Lipinski definition) is 6. The van der Waals surface area contributed by atoms with Gasteiger partial charge in [0.1, 0.15) is 24.4 Å². The van der Waals surface area contributed by atoms with Gasteiger partial charge in [0, 0.05) is 0 Å². The fourth-order valence-electron chi connectivity index (χ4n) is 11.6. The summed E-state index contributed by atoms with van der Waals surface area (Å²) in [6, 6.07) is 0. The molecule has 0 radical (unpaired) electrons. The molecular formula is C36H62O8. The van der Waals surface area contributed by atoms with E-state index in [0.29, 0.717) is 17.8 Å². The number of rotatable bonds is 7. The number of aliphatic hydroxyl groups excluding tert-OH is 5. The van der Waals surface area contributed by atoms with Crippen molar-refractivity contribution in [1.29, 1.82) is 0 Å². The van der Waals surface area contributed by atoms with Crippen LogP contribution in [-0.4, -0.2) is 85.8 Å². The minimum atomic E-state index is -1.45. The van der Waals surface area contributed by atoms with E-state index >= 15 is 0 Å². The Labute approximate surface area is 265 Å². The van der Waals surface area contributed by atoms with Crippen LogP contribution in [0.3, 0.4) is 0 Å². The summed E-state index contributed by atoms with van der Waals surface area (Å²) in [5.41, 5.74) is 0.589. The first kappa shape index (κ1) is 34.7. The van der Waals surface area contributed by atoms with Crippen molar-refractivity contribution in [2.75, 3.05) is 6.61 Å². The van der Waals surface area contributed by atoms with Crippen LogP contribution >= 0.6 is 0 Å². The first-order chi connectivity index (χ1) is 20.3. The summed E-state index contributed by atoms with van der Waals surface area (Å²) in [6.07, 6.45) is 3.85. The van der Waals surface area contributed by atoms with Crippen LogP contribution in [-0.2, 0) is 9.47 Å². The van der Waals surface area contributed by atoms with Gasteiger partial charge < -0.3 is 40.1 Å². The van der Waals surface area contributed by atoms with Gasteiger partial charge in [-0.05, 0) is 124 Å². The second kappa shape index (κ2) is 11.8. The average molecular weight is 623 g/mol. The van der Waals surface area contributed by atoms with Crippen molar-refractivity contribution in [3.63, 3.8) is 0 Å². The molecule has 14 atom stereocenters. The van der Waals surface area contributed by atoms with Crippen molar-refractivity contribution in [1.82, 2.24) is 0 Å². The smallest absolute Gasteiger partial charge is 0.186 e. The number of allylic oxidation sites excluding steroid dienone is 2. The zero-order chi connectivity index (χ0) is 32.6. The van der Waals surface area contributed by atoms with E-state index in [1.165, 1.54) is 5.57 Å². The Balaban J connectivity index is 1.36. The standard InChI is InChI=1S/C36H62O8/c1-20(10-9-14-32(2,3)42)21-11-16-36(8)27(21)22(38)18-25-34(6)15-13-26(33(4,5)24(34)12-17-35(25,36)7)44-31-30(41)29(40)28(39)23(19-37)43-31/h10,21-31,37-42H,9,11-19H2,1-8H3/b20-10+/t21?,22-,23-,24?,25?,26+,27?,28-,29+,30-,31+,34+,35-,36-/m1/s1. The number of ether oxygens (including phenoxy) is 2. The van der Waals surface area contributed by atoms with Crippen molar-refractivity contribution in [3.05, 3.63) is 11.6 Å². The van der Waals surface area contributed by atoms with E-state index in [9.17, 15) is 30.6 Å². The van der Waals surface area contributed by atoms with Crippen molar-refractivity contribution in [2.24, 2.45) is 45.3 Å². The van der Waals surface area contributed by atoms with Crippen LogP contribution in [0, 0.1) is 45.3 Å². The zero-order valence-corrected chi connectivity index (χ0v) is 28.5. The molecule has 0 spiro atoms. The van der Waals surface area contributed by atoms with Crippen molar-refractivity contribution in [2.45, 2.75) is 162 Å². The Hall–Kier alpha value is -0.580. The van der Waals surface area contributed by atoms with Crippen LogP contribution in [0.5, 0.6) is 0 Å². The first-order valence-electron chi connectivity index (χ1n) is 17.3. The van der Waals surface area contributed by atoms with Crippen molar-refractivity contribution < 1.29 is 40.1 Å². The molecule has 1 heterocycles. The molecule has 0 aromatic heterocycles. The highest BCUT2D eigenvalue weighted by molar-refractivity contribution is 5.22. The molecule has 0 bridgehead atoms. The molecule has 4 unspecified atom stereocenters. The summed E-state index contributed by atoms with van der Waals surface area (Å²) >= 11 is 0. The lowest BCUT2D eigenvalue weighted by Crippen LogP contribution is -2.67. The molecular weight excluding hydrogens is 560 g/mol. The van der Waals surface area contributed by atoms with Gasteiger partial charge in [-0.1, -0.05) is 46.3 Å². The minimum Gasteiger partial charge on any atom is -0.394 e. The highest BCUT2D eigenvalue weighted by Gasteiger charge is 2.70. The van der Waals surface area contributed by atoms with Gasteiger partial charge >= 0.3 is 0 Å². The van der Waals surface area contributed by atoms with Crippen LogP contribution < -0.4 is 0 Å². The molecule has 8 nitrogen and oxygen atoms in total. The van der Waals surface area contributed by atoms with Crippen LogP contribution in [0.4, 0.5) is 0 Å². The zero-order valence-electron chi connectivity index (χ0n) is 28.5. The predicted octanol–water partition coefficient (Wildman–Crippen LogP) is 4.32. The molecule has 6 N–H and O–H groups in total. The Morgan fingerprint density at radius 2 is 1.55 bits per heavy atom. The molecule has 0 amide bonds. The number of fused-ring (bicyclic) bond motifs is 5. The summed E-state index contributed by atoms with van der Waals surface area (Å²) in [7, 11) is 0. The molecule has 254 valence electrons. The van der Waals surface area contributed by atoms with Crippen molar-refractivity contribution in [3.8, 4) is 0 Å². The Morgan fingerprint density at radius 3 is 2.18 bits per heavy atom. The van der Waals surface area contributed by atoms with Gasteiger partial charge in [-0.2, -0.15) is 0 Å². The molecule has 4 aliphatic carbocycles. The Morgan fingerprint density at radius 1 is 0.886 bits per heavy atom. The Kier molecular flexibility index (Phi) is 9.35. The lowest BCUT2D eigenvalue weighted by molar-refractivity contribution is -0.331. The van der Waals surface area contributed by atoms with Gasteiger partial charge in [-0.25, -0.2) is 0 Å². The largest absolute Gasteiger partial charge is 0.394 e. The third-order valence-corrected chi connectivity index (χ3v) is 14.3. The molecule has 5 aliphatic rings. The van der Waals surface area contributed by atoms with E-state index in [1.54, 1.807) is 0 Å². The summed E-state index contributed by atoms with van der Waals surface area (Å²) in [4.78, 5) is 0. The molecule has 4 saturated carbocycles. The van der Waals surface area contributed by atoms with E-state index in [2.05, 4.69) is 47.6 Å². The minimum absolute atomic E-state index is 0.0103. The quantitative estimate of drug-likeness (QED) is 0.182. The molecule has 5 fully saturated rings. The van der Waals surface area contributed by atoms with E-state index in [0.717, 1.165) is 57.8 Å². The average Bonchev–Trinajstić information content (AvgIpc) is 3.31. The van der Waals surface area contributed by atoms with Gasteiger partial charge in [0.2, 0.25) is 0 Å². The van der Waals surface area contributed by atoms with Crippen molar-refractivity contribution >= 4 is 0 Å². The maximum absolute atomic E-state index is 12.0. The van der Waals surface area contributed by atoms with Crippen LogP contribution in [0.15, 0.2) is 11.6 Å². The molecule has 44 heavy (non-hydrogen) atoms. The lowest BCUT2D eigenvalue weighted by Gasteiger charge is -2.70. The molecule has 5 rings (SSSR count). The highest BCUT2D eigenvalue weighted by atomic mass is 16.7. The van der Waals surface area contributed by atoms with E-state index < -0.39 is 42.9 Å². The summed E-state index contributed by atoms with van der Waals surface area (Å²) in [6.45, 7) is 17.4. The molecule has 8 heteroatoms. The van der Waals surface area contributed by atoms with Crippen LogP contribution in [0.25, 0.3) is 0 Å². The van der Waals surface area contributed by atoms with Gasteiger partial charge in [0.25, 0.3) is 0 Å². The molecule has 1 aliphatic heterocycles. The topological polar surface area (TPSA) is 140 Å². The summed E-state index contributed by atoms with van der Waals surface area (Å²) in [5, 5.41) is 63.2. The number of hydrogen-bond acceptors (Lipinski definition) is 8. The second-order valence-corrected chi connectivity index (χ2v) is 17.4. The second-order valence-electron chi connectivity index (χ2n) is 17.4. The highest BCUT2D eigenvalue weighted by Crippen LogP contribution is 2.75. The molecule has 0 aromatic carbocycles. The SMILES string of the molecule is C/C(=C\CCC(C)(C)O)C1CC[C@]2(C)C1[C@H](O)CC1[C@@]3(C)CC[C@H](O[C@@H]4O[C@H](CO)[C@@H](O)[C@H](O)[C@H]4O)C(C)(C)C3CC[C@]12C. The summed E-state index contributed by atoms with van der Waals surface area (Å²) in [5.74, 6) is 1.32. The van der Waals surface area contributed by atoms with E-state index in [4.69, 9.17) is 9.47 Å². The fourth-order valence-corrected chi connectivity index (χ4v) is 11.6. The fraction of sp³-hybridized carbons (Fsp3) is 0.944. The van der Waals surface area contributed by atoms with Gasteiger partial charge in [0.05, 0.1) is 24.4 Å². The molecule has 0 aromatic rings. The van der Waals surface area contributed by atoms with Gasteiger partial charge in [0.15, 0.2) is 6.29 Å². The first-order valence-corrected chi connectivity index (χ1v) is 17.3. The third kappa shape index (κ3) is 5.45. The van der Waals surface area contributed by atoms with E-state index in [-0.39, 0.29) is 39.8 Å². The monoisotopic (exact) mass is 622 g/mol. The lowest BCUT2D eigenvalue weighted by atomic mass is 9.35. The van der Waals surface area contributed by atoms with Crippen LogP contribution in [0.1, 0.15) is 113 Å². The van der Waals surface area contributed by atoms with Gasteiger partial charge in [-0.3, -0.25) is 0 Å². The number of aliphatic hydroxyl groups is 6. The Bertz CT molecular complexity index is 1070.